The molecule has 17 heavy (non-hydrogen) atoms. The van der Waals surface area contributed by atoms with Gasteiger partial charge in [0.15, 0.2) is 0 Å². The molecule has 0 heterocycles. The van der Waals surface area contributed by atoms with Gasteiger partial charge < -0.3 is 10.2 Å². The predicted molar refractivity (Wildman–Crippen MR) is 68.7 cm³/mol. The van der Waals surface area contributed by atoms with E-state index in [-0.39, 0.29) is 30.4 Å². The van der Waals surface area contributed by atoms with E-state index in [1.807, 2.05) is 27.7 Å². The molecule has 0 aliphatic heterocycles. The summed E-state index contributed by atoms with van der Waals surface area (Å²) in [5, 5.41) is 5.73. The zero-order valence-corrected chi connectivity index (χ0v) is 11.5. The minimum Gasteiger partial charge on any atom is -0.353 e. The third kappa shape index (κ3) is 6.26. The van der Waals surface area contributed by atoms with E-state index in [2.05, 4.69) is 10.6 Å². The second-order valence-corrected chi connectivity index (χ2v) is 4.33. The monoisotopic (exact) mass is 243 g/mol. The highest BCUT2D eigenvalue weighted by Crippen LogP contribution is 1.90. The second-order valence-electron chi connectivity index (χ2n) is 4.33. The topological polar surface area (TPSA) is 61.4 Å². The van der Waals surface area contributed by atoms with E-state index < -0.39 is 0 Å². The molecule has 0 radical (unpaired) electrons. The standard InChI is InChI=1S/C12H25N3O2/c1-6-15(7-2)11(16)8-13-10(5)12(17)14-9(3)4/h9-10,13H,6-8H2,1-5H3,(H,14,17). The Balaban J connectivity index is 4.02. The number of hydrogen-bond donors (Lipinski definition) is 2. The fourth-order valence-corrected chi connectivity index (χ4v) is 1.43. The summed E-state index contributed by atoms with van der Waals surface area (Å²) in [6.07, 6.45) is 0. The van der Waals surface area contributed by atoms with Gasteiger partial charge in [0.1, 0.15) is 0 Å². The minimum absolute atomic E-state index is 0.0270. The largest absolute Gasteiger partial charge is 0.353 e. The predicted octanol–water partition coefficient (Wildman–Crippen LogP) is 0.358. The van der Waals surface area contributed by atoms with Crippen LogP contribution in [0.2, 0.25) is 0 Å². The van der Waals surface area contributed by atoms with Crippen LogP contribution in [0.15, 0.2) is 0 Å². The van der Waals surface area contributed by atoms with Crippen LogP contribution in [0.3, 0.4) is 0 Å². The fourth-order valence-electron chi connectivity index (χ4n) is 1.43. The summed E-state index contributed by atoms with van der Waals surface area (Å²) >= 11 is 0. The van der Waals surface area contributed by atoms with Gasteiger partial charge in [-0.2, -0.15) is 0 Å². The number of carbonyl (C=O) groups is 2. The highest BCUT2D eigenvalue weighted by atomic mass is 16.2. The summed E-state index contributed by atoms with van der Waals surface area (Å²) in [5.74, 6) is -0.0495. The zero-order valence-electron chi connectivity index (χ0n) is 11.5. The van der Waals surface area contributed by atoms with Crippen LogP contribution in [0.4, 0.5) is 0 Å². The molecule has 0 aromatic carbocycles. The van der Waals surface area contributed by atoms with E-state index >= 15 is 0 Å². The molecule has 2 N–H and O–H groups in total. The van der Waals surface area contributed by atoms with Crippen molar-refractivity contribution in [2.24, 2.45) is 0 Å². The van der Waals surface area contributed by atoms with Gasteiger partial charge in [-0.05, 0) is 34.6 Å². The molecule has 5 nitrogen and oxygen atoms in total. The lowest BCUT2D eigenvalue weighted by molar-refractivity contribution is -0.130. The number of carbonyl (C=O) groups excluding carboxylic acids is 2. The van der Waals surface area contributed by atoms with Crippen LogP contribution in [0.25, 0.3) is 0 Å². The number of hydrogen-bond acceptors (Lipinski definition) is 3. The smallest absolute Gasteiger partial charge is 0.237 e. The van der Waals surface area contributed by atoms with Crippen molar-refractivity contribution in [3.05, 3.63) is 0 Å². The maximum absolute atomic E-state index is 11.7. The first-order valence-electron chi connectivity index (χ1n) is 6.23. The third-order valence-corrected chi connectivity index (χ3v) is 2.50. The summed E-state index contributed by atoms with van der Waals surface area (Å²) < 4.78 is 0. The lowest BCUT2D eigenvalue weighted by atomic mass is 10.2. The quantitative estimate of drug-likeness (QED) is 0.678. The first-order valence-corrected chi connectivity index (χ1v) is 6.23. The Labute approximate surface area is 104 Å². The minimum atomic E-state index is -0.350. The van der Waals surface area contributed by atoms with Crippen molar-refractivity contribution in [1.29, 1.82) is 0 Å². The molecule has 100 valence electrons. The molecule has 5 heteroatoms. The lowest BCUT2D eigenvalue weighted by Crippen LogP contribution is -2.48. The molecule has 0 rings (SSSR count). The van der Waals surface area contributed by atoms with Crippen molar-refractivity contribution >= 4 is 11.8 Å². The van der Waals surface area contributed by atoms with E-state index in [0.717, 1.165) is 0 Å². The fraction of sp³-hybridized carbons (Fsp3) is 0.833. The molecule has 0 aliphatic carbocycles. The van der Waals surface area contributed by atoms with Crippen molar-refractivity contribution in [3.63, 3.8) is 0 Å². The Hall–Kier alpha value is -1.10. The first-order chi connectivity index (χ1) is 7.92. The molecule has 0 spiro atoms. The van der Waals surface area contributed by atoms with Crippen molar-refractivity contribution in [2.75, 3.05) is 19.6 Å². The number of nitrogens with one attached hydrogen (secondary N) is 2. The molecule has 0 aromatic heterocycles. The van der Waals surface area contributed by atoms with Gasteiger partial charge >= 0.3 is 0 Å². The number of likely N-dealkylation sites (N-methyl/N-ethyl adjacent to an activating group) is 1. The molecule has 2 amide bonds. The highest BCUT2D eigenvalue weighted by molar-refractivity contribution is 5.83. The third-order valence-electron chi connectivity index (χ3n) is 2.50. The maximum atomic E-state index is 11.7. The van der Waals surface area contributed by atoms with E-state index in [1.165, 1.54) is 0 Å². The Morgan fingerprint density at radius 2 is 1.65 bits per heavy atom. The Kier molecular flexibility index (Phi) is 7.54. The molecule has 0 fully saturated rings. The molecule has 0 aliphatic rings. The Bertz CT molecular complexity index is 250. The van der Waals surface area contributed by atoms with Gasteiger partial charge in [0.25, 0.3) is 0 Å². The Morgan fingerprint density at radius 3 is 2.06 bits per heavy atom. The van der Waals surface area contributed by atoms with Gasteiger partial charge in [0.05, 0.1) is 12.6 Å². The number of nitrogens with zero attached hydrogens (tertiary/aromatic N) is 1. The van der Waals surface area contributed by atoms with Gasteiger partial charge in [0.2, 0.25) is 11.8 Å². The second kappa shape index (κ2) is 8.06. The first kappa shape index (κ1) is 15.9. The highest BCUT2D eigenvalue weighted by Gasteiger charge is 2.16. The number of rotatable bonds is 7. The number of amides is 2. The molecular weight excluding hydrogens is 218 g/mol. The van der Waals surface area contributed by atoms with Crippen LogP contribution < -0.4 is 10.6 Å². The van der Waals surface area contributed by atoms with Crippen LogP contribution in [0.5, 0.6) is 0 Å². The van der Waals surface area contributed by atoms with E-state index in [1.54, 1.807) is 11.8 Å². The molecule has 1 atom stereocenters. The SMILES string of the molecule is CCN(CC)C(=O)CNC(C)C(=O)NC(C)C. The molecule has 0 bridgehead atoms. The average Bonchev–Trinajstić information content (AvgIpc) is 2.26. The molecule has 0 saturated heterocycles. The van der Waals surface area contributed by atoms with Crippen molar-refractivity contribution < 1.29 is 9.59 Å². The summed E-state index contributed by atoms with van der Waals surface area (Å²) in [4.78, 5) is 25.0. The summed E-state index contributed by atoms with van der Waals surface area (Å²) in [6.45, 7) is 11.1. The summed E-state index contributed by atoms with van der Waals surface area (Å²) in [6, 6.07) is -0.234. The van der Waals surface area contributed by atoms with Crippen LogP contribution >= 0.6 is 0 Å². The molecule has 0 aromatic rings. The average molecular weight is 243 g/mol. The summed E-state index contributed by atoms with van der Waals surface area (Å²) in [7, 11) is 0. The van der Waals surface area contributed by atoms with E-state index in [4.69, 9.17) is 0 Å². The molecule has 1 unspecified atom stereocenters. The normalized spacial score (nSPS) is 12.4. The van der Waals surface area contributed by atoms with Gasteiger partial charge in [-0.15, -0.1) is 0 Å². The van der Waals surface area contributed by atoms with Gasteiger partial charge in [-0.1, -0.05) is 0 Å². The van der Waals surface area contributed by atoms with Crippen LogP contribution in [-0.4, -0.2) is 48.4 Å². The van der Waals surface area contributed by atoms with E-state index in [0.29, 0.717) is 13.1 Å². The van der Waals surface area contributed by atoms with Crippen LogP contribution in [0.1, 0.15) is 34.6 Å². The van der Waals surface area contributed by atoms with Crippen LogP contribution in [0, 0.1) is 0 Å². The Morgan fingerprint density at radius 1 is 1.12 bits per heavy atom. The molecular formula is C12H25N3O2. The lowest BCUT2D eigenvalue weighted by Gasteiger charge is -2.21. The van der Waals surface area contributed by atoms with Gasteiger partial charge in [-0.25, -0.2) is 0 Å². The van der Waals surface area contributed by atoms with Crippen molar-refractivity contribution in [1.82, 2.24) is 15.5 Å². The van der Waals surface area contributed by atoms with Gasteiger partial charge in [0, 0.05) is 19.1 Å². The molecule has 0 saturated carbocycles. The van der Waals surface area contributed by atoms with Crippen LogP contribution in [-0.2, 0) is 9.59 Å². The van der Waals surface area contributed by atoms with Gasteiger partial charge in [-0.3, -0.25) is 14.9 Å². The van der Waals surface area contributed by atoms with Crippen molar-refractivity contribution in [2.45, 2.75) is 46.7 Å². The maximum Gasteiger partial charge on any atom is 0.237 e. The van der Waals surface area contributed by atoms with E-state index in [9.17, 15) is 9.59 Å². The zero-order chi connectivity index (χ0) is 13.4. The van der Waals surface area contributed by atoms with Crippen molar-refractivity contribution in [3.8, 4) is 0 Å². The summed E-state index contributed by atoms with van der Waals surface area (Å²) in [5.41, 5.74) is 0.